The Hall–Kier alpha value is -0.0000000000000000763. The minimum absolute atomic E-state index is 0.752. The van der Waals surface area contributed by atoms with Gasteiger partial charge in [-0.15, -0.1) is 0 Å². The Kier molecular flexibility index (Phi) is 6.69. The smallest absolute Gasteiger partial charge is 0.169 e. The van der Waals surface area contributed by atoms with Gasteiger partial charge in [-0.1, -0.05) is 11.9 Å². The Morgan fingerprint density at radius 2 is 2.27 bits per heavy atom. The second-order valence-electron chi connectivity index (χ2n) is 1.99. The molecule has 0 fully saturated rings. The number of rotatable bonds is 4. The molecule has 0 saturated heterocycles. The molecule has 0 aromatic rings. The molecule has 66 valence electrons. The van der Waals surface area contributed by atoms with E-state index in [1.165, 1.54) is 11.9 Å². The van der Waals surface area contributed by atoms with Crippen LogP contribution < -0.4 is 10.5 Å². The first-order valence-corrected chi connectivity index (χ1v) is 5.06. The number of nitrogens with two attached hydrogens (primary N) is 1. The molecule has 0 spiro atoms. The van der Waals surface area contributed by atoms with Crippen LogP contribution in [-0.4, -0.2) is 29.0 Å². The molecule has 0 saturated carbocycles. The summed E-state index contributed by atoms with van der Waals surface area (Å²) in [7, 11) is 0. The summed E-state index contributed by atoms with van der Waals surface area (Å²) in [5, 5.41) is 9.18. The maximum atomic E-state index is 5.33. The molecular weight excluding hydrogens is 178 g/mol. The number of nitrogens with one attached hydrogen (secondary N) is 1. The standard InChI is InChI=1S/C6H15N3S2/c1-3-8-6(10)9(4-2)5-11-7/h3-5,7H2,1-2H3,(H,8,10). The van der Waals surface area contributed by atoms with Gasteiger partial charge in [0.05, 0.1) is 5.88 Å². The second kappa shape index (κ2) is 6.69. The zero-order valence-corrected chi connectivity index (χ0v) is 8.60. The van der Waals surface area contributed by atoms with Gasteiger partial charge in [-0.25, -0.2) is 0 Å². The van der Waals surface area contributed by atoms with E-state index in [-0.39, 0.29) is 0 Å². The van der Waals surface area contributed by atoms with Crippen LogP contribution in [0.3, 0.4) is 0 Å². The van der Waals surface area contributed by atoms with Crippen molar-refractivity contribution < 1.29 is 0 Å². The fraction of sp³-hybridized carbons (Fsp3) is 0.833. The van der Waals surface area contributed by atoms with E-state index >= 15 is 0 Å². The lowest BCUT2D eigenvalue weighted by Crippen LogP contribution is -2.39. The van der Waals surface area contributed by atoms with Gasteiger partial charge in [0.2, 0.25) is 0 Å². The fourth-order valence-corrected chi connectivity index (χ4v) is 1.56. The van der Waals surface area contributed by atoms with Crippen LogP contribution in [0.25, 0.3) is 0 Å². The van der Waals surface area contributed by atoms with E-state index in [1.54, 1.807) is 0 Å². The Morgan fingerprint density at radius 1 is 1.64 bits per heavy atom. The molecule has 0 aromatic heterocycles. The van der Waals surface area contributed by atoms with E-state index in [0.29, 0.717) is 0 Å². The van der Waals surface area contributed by atoms with Gasteiger partial charge in [-0.3, -0.25) is 5.14 Å². The van der Waals surface area contributed by atoms with E-state index in [9.17, 15) is 0 Å². The molecule has 0 heterocycles. The van der Waals surface area contributed by atoms with Crippen molar-refractivity contribution in [2.75, 3.05) is 19.0 Å². The van der Waals surface area contributed by atoms with Gasteiger partial charge < -0.3 is 10.2 Å². The summed E-state index contributed by atoms with van der Waals surface area (Å²) in [6.07, 6.45) is 0. The zero-order chi connectivity index (χ0) is 8.69. The minimum atomic E-state index is 0.752. The first-order valence-electron chi connectivity index (χ1n) is 3.60. The Balaban J connectivity index is 3.71. The molecule has 0 bridgehead atoms. The summed E-state index contributed by atoms with van der Waals surface area (Å²) in [5.41, 5.74) is 0. The maximum absolute atomic E-state index is 5.33. The van der Waals surface area contributed by atoms with Gasteiger partial charge in [0, 0.05) is 13.1 Å². The SMILES string of the molecule is CCNC(=S)N(CC)CSN. The number of thiocarbonyl (C=S) groups is 1. The van der Waals surface area contributed by atoms with E-state index in [1.807, 2.05) is 11.8 Å². The van der Waals surface area contributed by atoms with Crippen LogP contribution in [0.5, 0.6) is 0 Å². The van der Waals surface area contributed by atoms with Crippen molar-refractivity contribution >= 4 is 29.3 Å². The highest BCUT2D eigenvalue weighted by molar-refractivity contribution is 7.97. The molecule has 3 N–H and O–H groups in total. The lowest BCUT2D eigenvalue weighted by Gasteiger charge is -2.22. The Bertz CT molecular complexity index is 118. The summed E-state index contributed by atoms with van der Waals surface area (Å²) in [6.45, 7) is 5.84. The first kappa shape index (κ1) is 11.0. The summed E-state index contributed by atoms with van der Waals surface area (Å²) < 4.78 is 0. The van der Waals surface area contributed by atoms with Crippen molar-refractivity contribution in [3.8, 4) is 0 Å². The van der Waals surface area contributed by atoms with Gasteiger partial charge in [0.1, 0.15) is 0 Å². The van der Waals surface area contributed by atoms with Crippen LogP contribution in [0.4, 0.5) is 0 Å². The van der Waals surface area contributed by atoms with Crippen LogP contribution in [0.15, 0.2) is 0 Å². The molecule has 5 heteroatoms. The molecule has 11 heavy (non-hydrogen) atoms. The highest BCUT2D eigenvalue weighted by atomic mass is 32.2. The largest absolute Gasteiger partial charge is 0.363 e. The average Bonchev–Trinajstić information content (AvgIpc) is 2.00. The minimum Gasteiger partial charge on any atom is -0.363 e. The van der Waals surface area contributed by atoms with Crippen LogP contribution in [0, 0.1) is 0 Å². The molecule has 0 aliphatic carbocycles. The summed E-state index contributed by atoms with van der Waals surface area (Å²) in [6, 6.07) is 0. The zero-order valence-electron chi connectivity index (χ0n) is 6.96. The third-order valence-electron chi connectivity index (χ3n) is 1.23. The van der Waals surface area contributed by atoms with Gasteiger partial charge in [-0.05, 0) is 26.1 Å². The molecule has 0 aromatic carbocycles. The lowest BCUT2D eigenvalue weighted by atomic mass is 10.6. The quantitative estimate of drug-likeness (QED) is 0.392. The maximum Gasteiger partial charge on any atom is 0.169 e. The third kappa shape index (κ3) is 4.44. The van der Waals surface area contributed by atoms with Gasteiger partial charge in [0.25, 0.3) is 0 Å². The Labute approximate surface area is 77.8 Å². The van der Waals surface area contributed by atoms with E-state index < -0.39 is 0 Å². The second-order valence-corrected chi connectivity index (χ2v) is 2.97. The normalized spacial score (nSPS) is 9.36. The van der Waals surface area contributed by atoms with Crippen molar-refractivity contribution in [3.05, 3.63) is 0 Å². The first-order chi connectivity index (χ1) is 5.26. The van der Waals surface area contributed by atoms with Crippen molar-refractivity contribution in [2.24, 2.45) is 5.14 Å². The van der Waals surface area contributed by atoms with Gasteiger partial charge in [0.15, 0.2) is 5.11 Å². The molecule has 3 nitrogen and oxygen atoms in total. The molecule has 0 aliphatic rings. The van der Waals surface area contributed by atoms with Crippen LogP contribution in [-0.2, 0) is 0 Å². The number of nitrogens with zero attached hydrogens (tertiary/aromatic N) is 1. The predicted molar refractivity (Wildman–Crippen MR) is 55.3 cm³/mol. The lowest BCUT2D eigenvalue weighted by molar-refractivity contribution is 0.506. The van der Waals surface area contributed by atoms with Crippen LogP contribution in [0.2, 0.25) is 0 Å². The molecule has 0 unspecified atom stereocenters. The molecule has 0 atom stereocenters. The summed E-state index contributed by atoms with van der Waals surface area (Å²) in [4.78, 5) is 2.02. The Morgan fingerprint density at radius 3 is 2.64 bits per heavy atom. The van der Waals surface area contributed by atoms with Gasteiger partial charge >= 0.3 is 0 Å². The summed E-state index contributed by atoms with van der Waals surface area (Å²) in [5.74, 6) is 0.752. The van der Waals surface area contributed by atoms with E-state index in [2.05, 4.69) is 12.2 Å². The van der Waals surface area contributed by atoms with Crippen molar-refractivity contribution in [3.63, 3.8) is 0 Å². The third-order valence-corrected chi connectivity index (χ3v) is 2.09. The number of hydrogen-bond donors (Lipinski definition) is 2. The molecule has 0 amide bonds. The van der Waals surface area contributed by atoms with Gasteiger partial charge in [-0.2, -0.15) is 0 Å². The van der Waals surface area contributed by atoms with Crippen LogP contribution in [0.1, 0.15) is 13.8 Å². The molecule has 0 aliphatic heterocycles. The highest BCUT2D eigenvalue weighted by Gasteiger charge is 2.03. The van der Waals surface area contributed by atoms with Crippen LogP contribution >= 0.6 is 24.2 Å². The van der Waals surface area contributed by atoms with Crippen molar-refractivity contribution in [1.82, 2.24) is 10.2 Å². The van der Waals surface area contributed by atoms with Crippen molar-refractivity contribution in [1.29, 1.82) is 0 Å². The predicted octanol–water partition coefficient (Wildman–Crippen LogP) is 0.767. The highest BCUT2D eigenvalue weighted by Crippen LogP contribution is 1.95. The fourth-order valence-electron chi connectivity index (χ4n) is 0.647. The monoisotopic (exact) mass is 193 g/mol. The topological polar surface area (TPSA) is 41.3 Å². The summed E-state index contributed by atoms with van der Waals surface area (Å²) >= 11 is 6.37. The molecule has 0 rings (SSSR count). The average molecular weight is 193 g/mol. The van der Waals surface area contributed by atoms with E-state index in [4.69, 9.17) is 17.4 Å². The van der Waals surface area contributed by atoms with E-state index in [0.717, 1.165) is 24.1 Å². The molecule has 0 radical (unpaired) electrons. The van der Waals surface area contributed by atoms with Crippen molar-refractivity contribution in [2.45, 2.75) is 13.8 Å². The number of hydrogen-bond acceptors (Lipinski definition) is 3. The molecular formula is C6H15N3S2.